The van der Waals surface area contributed by atoms with Gasteiger partial charge in [0.1, 0.15) is 5.75 Å². The van der Waals surface area contributed by atoms with Crippen LogP contribution in [0, 0.1) is 0 Å². The molecule has 4 rings (SSSR count). The molecule has 1 aromatic heterocycles. The van der Waals surface area contributed by atoms with Crippen molar-refractivity contribution in [3.63, 3.8) is 0 Å². The lowest BCUT2D eigenvalue weighted by Crippen LogP contribution is -2.38. The molecule has 2 aromatic carbocycles. The molecule has 172 valence electrons. The molecule has 2 heterocycles. The second kappa shape index (κ2) is 10.2. The smallest absolute Gasteiger partial charge is 0.262 e. The predicted molar refractivity (Wildman–Crippen MR) is 133 cm³/mol. The third kappa shape index (κ3) is 4.96. The van der Waals surface area contributed by atoms with E-state index in [1.807, 2.05) is 62.4 Å². The highest BCUT2D eigenvalue weighted by atomic mass is 35.5. The number of aromatic nitrogens is 2. The van der Waals surface area contributed by atoms with E-state index in [0.29, 0.717) is 22.2 Å². The van der Waals surface area contributed by atoms with Crippen molar-refractivity contribution >= 4 is 29.1 Å². The van der Waals surface area contributed by atoms with Crippen molar-refractivity contribution < 1.29 is 9.53 Å². The standard InChI is InChI=1S/C26H29ClN4O2/c1-18(2)31(19-11-13-20(33-3)14-12-19)25(32)22-17-28-26(30-15-7-4-8-16-30)29-24(22)21-9-5-6-10-23(21)27/h5-6,9-14,17-18H,4,7-8,15-16H2,1-3H3. The van der Waals surface area contributed by atoms with Crippen molar-refractivity contribution in [1.29, 1.82) is 0 Å². The second-order valence-electron chi connectivity index (χ2n) is 8.43. The van der Waals surface area contributed by atoms with Gasteiger partial charge >= 0.3 is 0 Å². The summed E-state index contributed by atoms with van der Waals surface area (Å²) in [6.45, 7) is 5.80. The molecular formula is C26H29ClN4O2. The molecule has 6 nitrogen and oxygen atoms in total. The minimum Gasteiger partial charge on any atom is -0.497 e. The number of ether oxygens (including phenoxy) is 1. The lowest BCUT2D eigenvalue weighted by atomic mass is 10.0. The number of amides is 1. The van der Waals surface area contributed by atoms with Crippen LogP contribution in [0.15, 0.2) is 54.7 Å². The largest absolute Gasteiger partial charge is 0.497 e. The molecule has 0 radical (unpaired) electrons. The fourth-order valence-corrected chi connectivity index (χ4v) is 4.38. The van der Waals surface area contributed by atoms with Gasteiger partial charge in [-0.25, -0.2) is 9.97 Å². The normalized spacial score (nSPS) is 13.8. The van der Waals surface area contributed by atoms with E-state index in [2.05, 4.69) is 9.88 Å². The van der Waals surface area contributed by atoms with E-state index in [9.17, 15) is 4.79 Å². The average molecular weight is 465 g/mol. The maximum absolute atomic E-state index is 13.9. The van der Waals surface area contributed by atoms with Crippen LogP contribution in [-0.4, -0.2) is 42.1 Å². The van der Waals surface area contributed by atoms with Gasteiger partial charge in [-0.1, -0.05) is 29.8 Å². The monoisotopic (exact) mass is 464 g/mol. The van der Waals surface area contributed by atoms with Crippen molar-refractivity contribution in [2.75, 3.05) is 30.0 Å². The summed E-state index contributed by atoms with van der Waals surface area (Å²) in [5.41, 5.74) is 2.48. The van der Waals surface area contributed by atoms with Gasteiger partial charge in [-0.05, 0) is 63.4 Å². The summed E-state index contributed by atoms with van der Waals surface area (Å²) in [5, 5.41) is 0.551. The van der Waals surface area contributed by atoms with Gasteiger partial charge in [0, 0.05) is 41.6 Å². The van der Waals surface area contributed by atoms with Crippen LogP contribution in [0.4, 0.5) is 11.6 Å². The van der Waals surface area contributed by atoms with Crippen LogP contribution in [0.5, 0.6) is 5.75 Å². The van der Waals surface area contributed by atoms with Crippen molar-refractivity contribution in [1.82, 2.24) is 9.97 Å². The highest BCUT2D eigenvalue weighted by Gasteiger charge is 2.27. The van der Waals surface area contributed by atoms with E-state index in [1.54, 1.807) is 18.2 Å². The maximum Gasteiger partial charge on any atom is 0.262 e. The molecule has 1 fully saturated rings. The number of benzene rings is 2. The minimum absolute atomic E-state index is 0.0771. The number of nitrogens with zero attached hydrogens (tertiary/aromatic N) is 4. The molecule has 0 spiro atoms. The predicted octanol–water partition coefficient (Wildman–Crippen LogP) is 5.85. The van der Waals surface area contributed by atoms with Crippen molar-refractivity contribution in [3.8, 4) is 17.0 Å². The molecule has 1 aliphatic heterocycles. The highest BCUT2D eigenvalue weighted by molar-refractivity contribution is 6.33. The van der Waals surface area contributed by atoms with E-state index in [0.717, 1.165) is 42.9 Å². The Morgan fingerprint density at radius 2 is 1.76 bits per heavy atom. The van der Waals surface area contributed by atoms with E-state index in [1.165, 1.54) is 6.42 Å². The van der Waals surface area contributed by atoms with Gasteiger partial charge in [0.15, 0.2) is 0 Å². The molecule has 1 saturated heterocycles. The first-order chi connectivity index (χ1) is 16.0. The number of hydrogen-bond acceptors (Lipinski definition) is 5. The summed E-state index contributed by atoms with van der Waals surface area (Å²) in [4.78, 5) is 27.3. The number of rotatable bonds is 6. The fraction of sp³-hybridized carbons (Fsp3) is 0.346. The van der Waals surface area contributed by atoms with Crippen molar-refractivity contribution in [2.45, 2.75) is 39.2 Å². The van der Waals surface area contributed by atoms with Crippen LogP contribution in [-0.2, 0) is 0 Å². The molecule has 3 aromatic rings. The maximum atomic E-state index is 13.9. The summed E-state index contributed by atoms with van der Waals surface area (Å²) >= 11 is 6.55. The fourth-order valence-electron chi connectivity index (χ4n) is 4.16. The van der Waals surface area contributed by atoms with Crippen molar-refractivity contribution in [2.24, 2.45) is 0 Å². The van der Waals surface area contributed by atoms with Crippen LogP contribution in [0.2, 0.25) is 5.02 Å². The van der Waals surface area contributed by atoms with Gasteiger partial charge in [-0.2, -0.15) is 0 Å². The summed E-state index contributed by atoms with van der Waals surface area (Å²) in [6.07, 6.45) is 5.10. The Balaban J connectivity index is 1.80. The molecule has 0 atom stereocenters. The number of carbonyl (C=O) groups excluding carboxylic acids is 1. The molecule has 0 unspecified atom stereocenters. The Labute approximate surface area is 200 Å². The third-order valence-corrected chi connectivity index (χ3v) is 6.19. The van der Waals surface area contributed by atoms with Gasteiger partial charge in [0.2, 0.25) is 5.95 Å². The third-order valence-electron chi connectivity index (χ3n) is 5.86. The molecule has 1 amide bonds. The van der Waals surface area contributed by atoms with Gasteiger partial charge < -0.3 is 14.5 Å². The van der Waals surface area contributed by atoms with Gasteiger partial charge in [0.25, 0.3) is 5.91 Å². The molecular weight excluding hydrogens is 436 g/mol. The summed E-state index contributed by atoms with van der Waals surface area (Å²) < 4.78 is 5.27. The van der Waals surface area contributed by atoms with Crippen LogP contribution in [0.1, 0.15) is 43.5 Å². The summed E-state index contributed by atoms with van der Waals surface area (Å²) in [7, 11) is 1.62. The van der Waals surface area contributed by atoms with Crippen LogP contribution < -0.4 is 14.5 Å². The first-order valence-electron chi connectivity index (χ1n) is 11.3. The Morgan fingerprint density at radius 3 is 2.39 bits per heavy atom. The van der Waals surface area contributed by atoms with E-state index < -0.39 is 0 Å². The van der Waals surface area contributed by atoms with E-state index in [4.69, 9.17) is 21.3 Å². The molecule has 7 heteroatoms. The van der Waals surface area contributed by atoms with Crippen molar-refractivity contribution in [3.05, 3.63) is 65.3 Å². The number of methoxy groups -OCH3 is 1. The van der Waals surface area contributed by atoms with Gasteiger partial charge in [-0.15, -0.1) is 0 Å². The zero-order valence-corrected chi connectivity index (χ0v) is 20.0. The topological polar surface area (TPSA) is 58.6 Å². The van der Waals surface area contributed by atoms with Crippen LogP contribution in [0.3, 0.4) is 0 Å². The lowest BCUT2D eigenvalue weighted by molar-refractivity contribution is 0.0980. The van der Waals surface area contributed by atoms with Crippen LogP contribution >= 0.6 is 11.6 Å². The Morgan fingerprint density at radius 1 is 1.06 bits per heavy atom. The molecule has 0 aliphatic carbocycles. The molecule has 0 saturated carbocycles. The van der Waals surface area contributed by atoms with E-state index >= 15 is 0 Å². The van der Waals surface area contributed by atoms with Gasteiger partial charge in [0.05, 0.1) is 18.4 Å². The molecule has 0 bridgehead atoms. The number of piperidine rings is 1. The Bertz CT molecular complexity index is 1110. The zero-order valence-electron chi connectivity index (χ0n) is 19.3. The first-order valence-corrected chi connectivity index (χ1v) is 11.7. The zero-order chi connectivity index (χ0) is 23.4. The van der Waals surface area contributed by atoms with Gasteiger partial charge in [-0.3, -0.25) is 4.79 Å². The number of hydrogen-bond donors (Lipinski definition) is 0. The second-order valence-corrected chi connectivity index (χ2v) is 8.83. The molecule has 0 N–H and O–H groups in total. The highest BCUT2D eigenvalue weighted by Crippen LogP contribution is 2.32. The Kier molecular flexibility index (Phi) is 7.14. The van der Waals surface area contributed by atoms with E-state index in [-0.39, 0.29) is 11.9 Å². The molecule has 33 heavy (non-hydrogen) atoms. The number of halogens is 1. The minimum atomic E-state index is -0.171. The molecule has 1 aliphatic rings. The quantitative estimate of drug-likeness (QED) is 0.458. The number of carbonyl (C=O) groups is 1. The summed E-state index contributed by atoms with van der Waals surface area (Å²) in [6, 6.07) is 14.9. The SMILES string of the molecule is COc1ccc(N(C(=O)c2cnc(N3CCCCC3)nc2-c2ccccc2Cl)C(C)C)cc1. The Hall–Kier alpha value is -3.12. The summed E-state index contributed by atoms with van der Waals surface area (Å²) in [5.74, 6) is 1.21. The van der Waals surface area contributed by atoms with Crippen LogP contribution in [0.25, 0.3) is 11.3 Å². The first kappa shape index (κ1) is 23.1. The lowest BCUT2D eigenvalue weighted by Gasteiger charge is -2.29. The average Bonchev–Trinajstić information content (AvgIpc) is 2.85. The number of anilines is 2.